The van der Waals surface area contributed by atoms with E-state index in [4.69, 9.17) is 0 Å². The molecule has 0 spiro atoms. The monoisotopic (exact) mass is 412 g/mol. The number of nitrogens with zero attached hydrogens (tertiary/aromatic N) is 2. The molecule has 5 heteroatoms. The molecule has 1 heterocycles. The Labute approximate surface area is 162 Å². The van der Waals surface area contributed by atoms with Crippen LogP contribution in [0.1, 0.15) is 29.5 Å². The van der Waals surface area contributed by atoms with Crippen molar-refractivity contribution >= 4 is 32.9 Å². The number of fused-ring (bicyclic) bond motifs is 1. The largest absolute Gasteiger partial charge is 0.327 e. The number of aromatic nitrogens is 2. The van der Waals surface area contributed by atoms with Crippen LogP contribution in [0.15, 0.2) is 65.7 Å². The van der Waals surface area contributed by atoms with E-state index in [1.165, 1.54) is 0 Å². The summed E-state index contributed by atoms with van der Waals surface area (Å²) in [6, 6.07) is 15.7. The van der Waals surface area contributed by atoms with Crippen molar-refractivity contribution in [1.29, 1.82) is 0 Å². The third-order valence-corrected chi connectivity index (χ3v) is 4.80. The molecule has 2 aromatic carbocycles. The number of hydrogen-bond acceptors (Lipinski definition) is 1. The smallest absolute Gasteiger partial charge is 0.275 e. The van der Waals surface area contributed by atoms with Crippen molar-refractivity contribution in [3.05, 3.63) is 77.0 Å². The first-order chi connectivity index (χ1) is 12.6. The highest BCUT2D eigenvalue weighted by molar-refractivity contribution is 9.10. The Balaban J connectivity index is 1.95. The van der Waals surface area contributed by atoms with E-state index >= 15 is 0 Å². The quantitative estimate of drug-likeness (QED) is 0.451. The molecule has 1 N–H and O–H groups in total. The van der Waals surface area contributed by atoms with Gasteiger partial charge in [-0.1, -0.05) is 53.7 Å². The summed E-state index contributed by atoms with van der Waals surface area (Å²) >= 11 is 3.45. The highest BCUT2D eigenvalue weighted by atomic mass is 79.9. The third kappa shape index (κ3) is 3.88. The van der Waals surface area contributed by atoms with Crippen LogP contribution in [0.3, 0.4) is 0 Å². The predicted octanol–water partition coefficient (Wildman–Crippen LogP) is 4.46. The predicted molar refractivity (Wildman–Crippen MR) is 108 cm³/mol. The molecule has 3 rings (SSSR count). The second-order valence-corrected chi connectivity index (χ2v) is 7.14. The van der Waals surface area contributed by atoms with Crippen LogP contribution in [-0.2, 0) is 13.1 Å². The molecule has 0 unspecified atom stereocenters. The second-order valence-electron chi connectivity index (χ2n) is 6.23. The van der Waals surface area contributed by atoms with Crippen LogP contribution in [0.2, 0.25) is 0 Å². The van der Waals surface area contributed by atoms with Gasteiger partial charge in [0.1, 0.15) is 13.1 Å². The number of nitrogens with one attached hydrogen (secondary N) is 1. The first-order valence-electron chi connectivity index (χ1n) is 8.79. The van der Waals surface area contributed by atoms with Gasteiger partial charge in [-0.3, -0.25) is 4.79 Å². The fourth-order valence-electron chi connectivity index (χ4n) is 3.15. The molecule has 0 radical (unpaired) electrons. The Morgan fingerprint density at radius 2 is 2.08 bits per heavy atom. The molecular weight excluding hydrogens is 390 g/mol. The van der Waals surface area contributed by atoms with Crippen molar-refractivity contribution in [1.82, 2.24) is 9.88 Å². The van der Waals surface area contributed by atoms with Crippen molar-refractivity contribution < 1.29 is 9.36 Å². The normalized spacial score (nSPS) is 10.8. The fraction of sp³-hybridized carbons (Fsp3) is 0.238. The molecule has 3 aromatic rings. The molecule has 0 bridgehead atoms. The number of allylic oxidation sites excluding steroid dienone is 1. The van der Waals surface area contributed by atoms with E-state index < -0.39 is 0 Å². The zero-order valence-corrected chi connectivity index (χ0v) is 16.5. The van der Waals surface area contributed by atoms with E-state index in [9.17, 15) is 4.79 Å². The van der Waals surface area contributed by atoms with Crippen LogP contribution in [0.5, 0.6) is 0 Å². The maximum absolute atomic E-state index is 13.0. The zero-order valence-electron chi connectivity index (χ0n) is 14.9. The molecule has 0 aliphatic heterocycles. The third-order valence-electron chi connectivity index (χ3n) is 4.30. The number of rotatable bonds is 7. The lowest BCUT2D eigenvalue weighted by Crippen LogP contribution is -2.41. The topological polar surface area (TPSA) is 40.0 Å². The van der Waals surface area contributed by atoms with Crippen LogP contribution < -0.4 is 4.57 Å². The van der Waals surface area contributed by atoms with Crippen LogP contribution in [-0.4, -0.2) is 22.3 Å². The second kappa shape index (κ2) is 8.32. The number of carbonyl (C=O) groups is 1. The van der Waals surface area contributed by atoms with Gasteiger partial charge in [0.15, 0.2) is 11.0 Å². The number of H-pyrrole nitrogens is 1. The highest BCUT2D eigenvalue weighted by Gasteiger charge is 2.23. The summed E-state index contributed by atoms with van der Waals surface area (Å²) in [6.45, 7) is 7.89. The van der Waals surface area contributed by atoms with Crippen molar-refractivity contribution in [3.8, 4) is 0 Å². The summed E-state index contributed by atoms with van der Waals surface area (Å²) in [4.78, 5) is 18.4. The molecule has 0 saturated carbocycles. The van der Waals surface area contributed by atoms with Gasteiger partial charge < -0.3 is 4.90 Å². The standard InChI is InChI=1S/C21H22BrN3O/c1-3-12-24(21(26)16-8-7-9-17(22)14-16)15-20-23-18-10-5-6-11-19(18)25(20)13-4-2/h4-11,14H,2-3,12-13,15H2,1H3/p+1. The summed E-state index contributed by atoms with van der Waals surface area (Å²) in [5.41, 5.74) is 2.88. The van der Waals surface area contributed by atoms with E-state index in [-0.39, 0.29) is 5.91 Å². The van der Waals surface area contributed by atoms with Gasteiger partial charge in [-0.2, -0.15) is 0 Å². The van der Waals surface area contributed by atoms with E-state index in [0.29, 0.717) is 25.2 Å². The van der Waals surface area contributed by atoms with Crippen molar-refractivity contribution in [2.45, 2.75) is 26.4 Å². The van der Waals surface area contributed by atoms with Gasteiger partial charge in [-0.25, -0.2) is 9.55 Å². The molecule has 1 amide bonds. The Morgan fingerprint density at radius 1 is 1.27 bits per heavy atom. The van der Waals surface area contributed by atoms with E-state index in [0.717, 1.165) is 27.8 Å². The average Bonchev–Trinajstić information content (AvgIpc) is 2.98. The Kier molecular flexibility index (Phi) is 5.89. The van der Waals surface area contributed by atoms with Crippen LogP contribution in [0, 0.1) is 0 Å². The van der Waals surface area contributed by atoms with E-state index in [2.05, 4.69) is 51.1 Å². The van der Waals surface area contributed by atoms with Crippen molar-refractivity contribution in [2.24, 2.45) is 0 Å². The molecule has 1 aromatic heterocycles. The molecule has 0 atom stereocenters. The minimum absolute atomic E-state index is 0.0389. The summed E-state index contributed by atoms with van der Waals surface area (Å²) in [7, 11) is 0. The minimum atomic E-state index is 0.0389. The minimum Gasteiger partial charge on any atom is -0.327 e. The lowest BCUT2D eigenvalue weighted by Gasteiger charge is -2.20. The molecule has 0 aliphatic rings. The Morgan fingerprint density at radius 3 is 2.81 bits per heavy atom. The number of amides is 1. The molecule has 0 aliphatic carbocycles. The number of imidazole rings is 1. The number of hydrogen-bond donors (Lipinski definition) is 1. The number of aromatic amines is 1. The molecule has 134 valence electrons. The molecule has 0 saturated heterocycles. The van der Waals surface area contributed by atoms with Gasteiger partial charge in [0.2, 0.25) is 0 Å². The van der Waals surface area contributed by atoms with Crippen LogP contribution >= 0.6 is 15.9 Å². The molecular formula is C21H23BrN3O+. The summed E-state index contributed by atoms with van der Waals surface area (Å²) in [6.07, 6.45) is 2.78. The lowest BCUT2D eigenvalue weighted by atomic mass is 10.2. The van der Waals surface area contributed by atoms with E-state index in [1.807, 2.05) is 47.4 Å². The van der Waals surface area contributed by atoms with Gasteiger partial charge in [0, 0.05) is 16.6 Å². The van der Waals surface area contributed by atoms with Crippen LogP contribution in [0.25, 0.3) is 11.0 Å². The van der Waals surface area contributed by atoms with Crippen LogP contribution in [0.4, 0.5) is 0 Å². The average molecular weight is 413 g/mol. The SMILES string of the molecule is C=CC[n+]1c(CN(CCC)C(=O)c2cccc(Br)c2)[nH]c2ccccc21. The zero-order chi connectivity index (χ0) is 18.5. The molecule has 4 nitrogen and oxygen atoms in total. The Bertz CT molecular complexity index is 932. The van der Waals surface area contributed by atoms with Gasteiger partial charge in [-0.15, -0.1) is 0 Å². The number of halogens is 1. The number of para-hydroxylation sites is 2. The van der Waals surface area contributed by atoms with Gasteiger partial charge in [-0.05, 0) is 36.8 Å². The fourth-order valence-corrected chi connectivity index (χ4v) is 3.55. The maximum atomic E-state index is 13.0. The lowest BCUT2D eigenvalue weighted by molar-refractivity contribution is -0.669. The Hall–Kier alpha value is -2.40. The summed E-state index contributed by atoms with van der Waals surface area (Å²) in [5.74, 6) is 1.04. The first kappa shape index (κ1) is 18.4. The highest BCUT2D eigenvalue weighted by Crippen LogP contribution is 2.16. The van der Waals surface area contributed by atoms with Gasteiger partial charge >= 0.3 is 0 Å². The summed E-state index contributed by atoms with van der Waals surface area (Å²) < 4.78 is 3.09. The van der Waals surface area contributed by atoms with Gasteiger partial charge in [0.05, 0.1) is 0 Å². The maximum Gasteiger partial charge on any atom is 0.275 e. The molecule has 26 heavy (non-hydrogen) atoms. The number of carbonyl (C=O) groups excluding carboxylic acids is 1. The first-order valence-corrected chi connectivity index (χ1v) is 9.58. The number of benzene rings is 2. The van der Waals surface area contributed by atoms with Crippen molar-refractivity contribution in [3.63, 3.8) is 0 Å². The van der Waals surface area contributed by atoms with Crippen molar-refractivity contribution in [2.75, 3.05) is 6.54 Å². The van der Waals surface area contributed by atoms with E-state index in [1.54, 1.807) is 0 Å². The molecule has 0 fully saturated rings. The summed E-state index contributed by atoms with van der Waals surface area (Å²) in [5, 5.41) is 0. The van der Waals surface area contributed by atoms with Gasteiger partial charge in [0.25, 0.3) is 11.7 Å².